The molecule has 0 spiro atoms. The number of piperazine rings is 1. The van der Waals surface area contributed by atoms with Gasteiger partial charge in [-0.15, -0.1) is 0 Å². The highest BCUT2D eigenvalue weighted by molar-refractivity contribution is 7.81. The van der Waals surface area contributed by atoms with Crippen LogP contribution in [0.15, 0.2) is 53.6 Å². The number of imide groups is 1. The van der Waals surface area contributed by atoms with Crippen LogP contribution >= 0.6 is 12.6 Å². The molecule has 4 fully saturated rings. The number of piperidine rings is 2. The summed E-state index contributed by atoms with van der Waals surface area (Å²) in [6.45, 7) is 10.0. The van der Waals surface area contributed by atoms with Crippen molar-refractivity contribution < 1.29 is 23.9 Å². The Bertz CT molecular complexity index is 2360. The Kier molecular flexibility index (Phi) is 11.2. The number of nitrogens with one attached hydrogen (secondary N) is 1. The van der Waals surface area contributed by atoms with Crippen molar-refractivity contribution in [2.75, 3.05) is 82.9 Å². The molecule has 3 amide bonds. The summed E-state index contributed by atoms with van der Waals surface area (Å²) in [6, 6.07) is 11.5. The number of anilines is 2. The number of rotatable bonds is 11. The van der Waals surface area contributed by atoms with Gasteiger partial charge in [-0.2, -0.15) is 12.6 Å². The van der Waals surface area contributed by atoms with Crippen molar-refractivity contribution >= 4 is 52.6 Å². The Hall–Kier alpha value is -5.12. The molecular weight excluding hydrogens is 781 g/mol. The van der Waals surface area contributed by atoms with Gasteiger partial charge >= 0.3 is 0 Å². The number of carbonyl (C=O) groups excluding carboxylic acids is 3. The highest BCUT2D eigenvalue weighted by Crippen LogP contribution is 2.39. The standard InChI is InChI=1S/C45H54N8O6S/c1-48-26-35(33-22-41(52-10-4-11-52)46-24-34(33)44(48)56)29-20-38(58-2)36(39(21-29)59-3)27-50-17-15-49(16-18-50)12-7-28-8-13-51(14-9-28)31-5-6-32-30(19-31)25-53(45(32)57)37-23-40(60)43(55)47-42(37)54/h5-6,19-22,24,26,28,37,40,60H,4,7-18,23,25,27H2,1-3H3,(H,47,54,55). The average molecular weight is 835 g/mol. The van der Waals surface area contributed by atoms with Crippen molar-refractivity contribution in [2.24, 2.45) is 13.0 Å². The predicted molar refractivity (Wildman–Crippen MR) is 234 cm³/mol. The molecule has 0 bridgehead atoms. The fourth-order valence-electron chi connectivity index (χ4n) is 9.59. The van der Waals surface area contributed by atoms with E-state index in [2.05, 4.69) is 60.7 Å². The molecule has 9 rings (SSSR count). The number of hydrogen-bond acceptors (Lipinski definition) is 12. The molecule has 2 aromatic carbocycles. The minimum Gasteiger partial charge on any atom is -0.496 e. The maximum absolute atomic E-state index is 13.2. The molecule has 1 N–H and O–H groups in total. The first-order valence-electron chi connectivity index (χ1n) is 21.2. The fourth-order valence-corrected chi connectivity index (χ4v) is 9.86. The maximum atomic E-state index is 13.2. The van der Waals surface area contributed by atoms with Crippen molar-refractivity contribution in [3.05, 3.63) is 75.8 Å². The van der Waals surface area contributed by atoms with E-state index in [9.17, 15) is 19.2 Å². The molecule has 5 aliphatic heterocycles. The zero-order chi connectivity index (χ0) is 41.7. The molecular formula is C45H54N8O6S. The van der Waals surface area contributed by atoms with Gasteiger partial charge in [0.2, 0.25) is 11.8 Å². The second-order valence-corrected chi connectivity index (χ2v) is 17.6. The van der Waals surface area contributed by atoms with Crippen LogP contribution in [0.5, 0.6) is 11.5 Å². The van der Waals surface area contributed by atoms with Gasteiger partial charge in [-0.1, -0.05) is 0 Å². The number of pyridine rings is 2. The molecule has 5 aliphatic rings. The Morgan fingerprint density at radius 1 is 0.817 bits per heavy atom. The average Bonchev–Trinajstić information content (AvgIpc) is 3.57. The largest absolute Gasteiger partial charge is 0.496 e. The van der Waals surface area contributed by atoms with Crippen LogP contribution in [0.4, 0.5) is 11.5 Å². The zero-order valence-electron chi connectivity index (χ0n) is 34.7. The lowest BCUT2D eigenvalue weighted by molar-refractivity contribution is -0.136. The smallest absolute Gasteiger partial charge is 0.259 e. The van der Waals surface area contributed by atoms with Gasteiger partial charge in [0, 0.05) is 107 Å². The number of ether oxygens (including phenoxy) is 2. The number of carbonyl (C=O) groups is 3. The van der Waals surface area contributed by atoms with E-state index < -0.39 is 23.1 Å². The Balaban J connectivity index is 0.780. The van der Waals surface area contributed by atoms with E-state index >= 15 is 0 Å². The second kappa shape index (κ2) is 16.7. The number of nitrogens with zero attached hydrogens (tertiary/aromatic N) is 7. The minimum absolute atomic E-state index is 0.0697. The van der Waals surface area contributed by atoms with Crippen molar-refractivity contribution in [2.45, 2.75) is 56.5 Å². The molecule has 316 valence electrons. The number of benzene rings is 2. The molecule has 0 aliphatic carbocycles. The number of aromatic nitrogens is 2. The first kappa shape index (κ1) is 40.3. The number of fused-ring (bicyclic) bond motifs is 2. The predicted octanol–water partition coefficient (Wildman–Crippen LogP) is 3.92. The number of aryl methyl sites for hydroxylation is 1. The number of amides is 3. The normalized spacial score (nSPS) is 21.7. The summed E-state index contributed by atoms with van der Waals surface area (Å²) in [7, 11) is 5.20. The summed E-state index contributed by atoms with van der Waals surface area (Å²) < 4.78 is 13.7. The van der Waals surface area contributed by atoms with Crippen LogP contribution in [0.3, 0.4) is 0 Å². The minimum atomic E-state index is -0.693. The molecule has 15 heteroatoms. The Morgan fingerprint density at radius 2 is 1.53 bits per heavy atom. The molecule has 60 heavy (non-hydrogen) atoms. The molecule has 4 saturated heterocycles. The van der Waals surface area contributed by atoms with E-state index in [1.165, 1.54) is 6.42 Å². The summed E-state index contributed by atoms with van der Waals surface area (Å²) in [6.07, 6.45) is 8.42. The van der Waals surface area contributed by atoms with Crippen molar-refractivity contribution in [1.29, 1.82) is 0 Å². The highest BCUT2D eigenvalue weighted by atomic mass is 32.1. The third-order valence-electron chi connectivity index (χ3n) is 13.4. The quantitative estimate of drug-likeness (QED) is 0.169. The molecule has 7 heterocycles. The van der Waals surface area contributed by atoms with Crippen LogP contribution < -0.4 is 30.1 Å². The summed E-state index contributed by atoms with van der Waals surface area (Å²) in [5, 5.41) is 3.22. The topological polar surface area (TPSA) is 133 Å². The van der Waals surface area contributed by atoms with Gasteiger partial charge < -0.3 is 33.6 Å². The lowest BCUT2D eigenvalue weighted by Crippen LogP contribution is -2.56. The molecule has 2 aromatic heterocycles. The first-order chi connectivity index (χ1) is 29.1. The first-order valence-corrected chi connectivity index (χ1v) is 21.8. The lowest BCUT2D eigenvalue weighted by atomic mass is 9.92. The van der Waals surface area contributed by atoms with E-state index in [-0.39, 0.29) is 17.9 Å². The SMILES string of the molecule is COc1cc(-c2cn(C)c(=O)c3cnc(N4CCC4)cc23)cc(OC)c1CN1CCN(CCC2CCN(c3ccc4c(c3)CN(C3CC(S)C(=O)NC3=O)C4=O)CC2)CC1. The number of methoxy groups -OCH3 is 2. The van der Waals surface area contributed by atoms with E-state index in [0.717, 1.165) is 135 Å². The third kappa shape index (κ3) is 7.71. The monoisotopic (exact) mass is 834 g/mol. The van der Waals surface area contributed by atoms with Crippen LogP contribution in [-0.4, -0.2) is 126 Å². The van der Waals surface area contributed by atoms with Crippen LogP contribution in [-0.2, 0) is 29.7 Å². The summed E-state index contributed by atoms with van der Waals surface area (Å²) >= 11 is 4.31. The van der Waals surface area contributed by atoms with Crippen LogP contribution in [0, 0.1) is 5.92 Å². The van der Waals surface area contributed by atoms with Gasteiger partial charge in [0.1, 0.15) is 23.4 Å². The molecule has 2 atom stereocenters. The molecule has 4 aromatic rings. The molecule has 0 radical (unpaired) electrons. The van der Waals surface area contributed by atoms with Crippen molar-refractivity contribution in [3.63, 3.8) is 0 Å². The van der Waals surface area contributed by atoms with E-state index in [1.54, 1.807) is 36.9 Å². The van der Waals surface area contributed by atoms with Gasteiger partial charge in [0.05, 0.1) is 30.4 Å². The third-order valence-corrected chi connectivity index (χ3v) is 13.9. The summed E-state index contributed by atoms with van der Waals surface area (Å²) in [4.78, 5) is 66.8. The Morgan fingerprint density at radius 3 is 2.22 bits per heavy atom. The maximum Gasteiger partial charge on any atom is 0.259 e. The van der Waals surface area contributed by atoms with E-state index in [0.29, 0.717) is 23.4 Å². The Labute approximate surface area is 355 Å². The van der Waals surface area contributed by atoms with E-state index in [4.69, 9.17) is 9.47 Å². The van der Waals surface area contributed by atoms with Crippen LogP contribution in [0.25, 0.3) is 21.9 Å². The molecule has 14 nitrogen and oxygen atoms in total. The molecule has 0 saturated carbocycles. The van der Waals surface area contributed by atoms with Gasteiger partial charge in [0.15, 0.2) is 0 Å². The number of thiol groups is 1. The van der Waals surface area contributed by atoms with Gasteiger partial charge in [-0.25, -0.2) is 4.98 Å². The van der Waals surface area contributed by atoms with Crippen molar-refractivity contribution in [3.8, 4) is 22.6 Å². The van der Waals surface area contributed by atoms with Crippen LogP contribution in [0.1, 0.15) is 53.6 Å². The van der Waals surface area contributed by atoms with Crippen molar-refractivity contribution in [1.82, 2.24) is 29.6 Å². The molecule has 2 unspecified atom stereocenters. The summed E-state index contributed by atoms with van der Waals surface area (Å²) in [5.41, 5.74) is 5.49. The highest BCUT2D eigenvalue weighted by Gasteiger charge is 2.42. The van der Waals surface area contributed by atoms with Gasteiger partial charge in [-0.3, -0.25) is 29.4 Å². The van der Waals surface area contributed by atoms with Gasteiger partial charge in [0.25, 0.3) is 11.5 Å². The summed E-state index contributed by atoms with van der Waals surface area (Å²) in [5.74, 6) is 2.11. The lowest BCUT2D eigenvalue weighted by Gasteiger charge is -2.37. The number of hydrogen-bond donors (Lipinski definition) is 2. The second-order valence-electron chi connectivity index (χ2n) is 17.0. The van der Waals surface area contributed by atoms with Crippen LogP contribution in [0.2, 0.25) is 0 Å². The van der Waals surface area contributed by atoms with E-state index in [1.807, 2.05) is 24.4 Å². The zero-order valence-corrected chi connectivity index (χ0v) is 35.6. The fraction of sp³-hybridized carbons (Fsp3) is 0.489. The van der Waals surface area contributed by atoms with Gasteiger partial charge in [-0.05, 0) is 92.1 Å².